The van der Waals surface area contributed by atoms with E-state index in [1.54, 1.807) is 53.2 Å². The summed E-state index contributed by atoms with van der Waals surface area (Å²) in [6.45, 7) is 2.86. The number of hydrogen-bond acceptors (Lipinski definition) is 6. The lowest BCUT2D eigenvalue weighted by Gasteiger charge is -2.15. The first-order chi connectivity index (χ1) is 20.8. The fourth-order valence-corrected chi connectivity index (χ4v) is 5.46. The number of benzene rings is 2. The first kappa shape index (κ1) is 17.4. The molecule has 2 unspecified atom stereocenters. The second kappa shape index (κ2) is 10.7. The Morgan fingerprint density at radius 2 is 1.97 bits per heavy atom. The predicted molar refractivity (Wildman–Crippen MR) is 148 cm³/mol. The summed E-state index contributed by atoms with van der Waals surface area (Å²) in [5, 5.41) is -2.77. The summed E-state index contributed by atoms with van der Waals surface area (Å²) in [5.41, 5.74) is 3.57. The standard InChI is InChI=1S/C29H31N3O3S2/c1-20-6-10-26(15-20)36-29-31-18-24(32(29)23-5-4-14-30-17-23)19-35-25-9-13-28(21(2)16-25)22-7-11-27(12-8-22)37(3,33)34/h4-5,7-9,11-14,16-18,20,26H,6,10,15,19H2,1-3H3/i6D2,10D2,15D2,20D,26D. The molecule has 2 atom stereocenters. The van der Waals surface area contributed by atoms with Crippen LogP contribution in [-0.4, -0.2) is 34.4 Å². The maximum Gasteiger partial charge on any atom is 0.175 e. The molecule has 5 rings (SSSR count). The zero-order valence-electron chi connectivity index (χ0n) is 28.5. The van der Waals surface area contributed by atoms with Gasteiger partial charge < -0.3 is 4.74 Å². The van der Waals surface area contributed by atoms with Gasteiger partial charge in [0, 0.05) is 28.6 Å². The maximum absolute atomic E-state index is 11.8. The molecule has 0 bridgehead atoms. The van der Waals surface area contributed by atoms with Gasteiger partial charge in [-0.1, -0.05) is 36.9 Å². The average molecular weight is 542 g/mol. The molecule has 0 N–H and O–H groups in total. The molecule has 37 heavy (non-hydrogen) atoms. The number of ether oxygens (including phenoxy) is 1. The summed E-state index contributed by atoms with van der Waals surface area (Å²) in [4.78, 5) is 8.75. The van der Waals surface area contributed by atoms with Gasteiger partial charge >= 0.3 is 0 Å². The van der Waals surface area contributed by atoms with Gasteiger partial charge in [0.1, 0.15) is 12.4 Å². The van der Waals surface area contributed by atoms with E-state index in [4.69, 9.17) is 15.7 Å². The van der Waals surface area contributed by atoms with Crippen LogP contribution in [0.1, 0.15) is 48.3 Å². The summed E-state index contributed by atoms with van der Waals surface area (Å²) in [5.74, 6) is -2.05. The number of hydrogen-bond donors (Lipinski definition) is 0. The van der Waals surface area contributed by atoms with Gasteiger partial charge in [0.25, 0.3) is 0 Å². The van der Waals surface area contributed by atoms with Crippen LogP contribution in [-0.2, 0) is 16.4 Å². The minimum atomic E-state index is -3.31. The molecule has 0 aliphatic heterocycles. The minimum absolute atomic E-state index is 0.0157. The Bertz CT molecular complexity index is 1820. The van der Waals surface area contributed by atoms with Gasteiger partial charge in [-0.2, -0.15) is 0 Å². The van der Waals surface area contributed by atoms with Crippen molar-refractivity contribution in [1.82, 2.24) is 14.5 Å². The second-order valence-corrected chi connectivity index (χ2v) is 11.6. The van der Waals surface area contributed by atoms with Gasteiger partial charge in [-0.15, -0.1) is 0 Å². The van der Waals surface area contributed by atoms with E-state index in [0.717, 1.165) is 29.9 Å². The molecule has 0 saturated heterocycles. The van der Waals surface area contributed by atoms with Crippen molar-refractivity contribution in [3.8, 4) is 22.6 Å². The summed E-state index contributed by atoms with van der Waals surface area (Å²) >= 11 is 0.428. The van der Waals surface area contributed by atoms with Crippen LogP contribution in [0.2, 0.25) is 0 Å². The molecule has 6 nitrogen and oxygen atoms in total. The van der Waals surface area contributed by atoms with Gasteiger partial charge in [0.2, 0.25) is 0 Å². The van der Waals surface area contributed by atoms with Crippen LogP contribution in [0.15, 0.2) is 83.2 Å². The molecule has 0 spiro atoms. The molecule has 0 amide bonds. The number of sulfone groups is 1. The monoisotopic (exact) mass is 541 g/mol. The highest BCUT2D eigenvalue weighted by Crippen LogP contribution is 2.38. The van der Waals surface area contributed by atoms with E-state index in [-0.39, 0.29) is 16.7 Å². The zero-order valence-corrected chi connectivity index (χ0v) is 22.2. The fraction of sp³-hybridized carbons (Fsp3) is 0.310. The van der Waals surface area contributed by atoms with Crippen molar-refractivity contribution in [3.63, 3.8) is 0 Å². The highest BCUT2D eigenvalue weighted by molar-refractivity contribution is 7.99. The lowest BCUT2D eigenvalue weighted by atomic mass is 10.0. The Balaban J connectivity index is 1.46. The topological polar surface area (TPSA) is 74.1 Å². The van der Waals surface area contributed by atoms with Gasteiger partial charge in [-0.05, 0) is 85.0 Å². The molecule has 1 fully saturated rings. The molecule has 1 saturated carbocycles. The molecular weight excluding hydrogens is 502 g/mol. The Labute approximate surface area is 234 Å². The van der Waals surface area contributed by atoms with Crippen molar-refractivity contribution in [2.24, 2.45) is 5.89 Å². The van der Waals surface area contributed by atoms with Crippen LogP contribution in [0.5, 0.6) is 5.75 Å². The first-order valence-corrected chi connectivity index (χ1v) is 14.2. The molecule has 2 heterocycles. The van der Waals surface area contributed by atoms with Crippen LogP contribution in [0, 0.1) is 12.8 Å². The van der Waals surface area contributed by atoms with Crippen LogP contribution in [0.3, 0.4) is 0 Å². The second-order valence-electron chi connectivity index (χ2n) is 8.57. The first-order valence-electron chi connectivity index (χ1n) is 15.5. The minimum Gasteiger partial charge on any atom is -0.487 e. The van der Waals surface area contributed by atoms with E-state index in [1.165, 1.54) is 12.4 Å². The lowest BCUT2D eigenvalue weighted by molar-refractivity contribution is 0.298. The number of thioether (sulfide) groups is 1. The van der Waals surface area contributed by atoms with Crippen molar-refractivity contribution in [2.75, 3.05) is 6.26 Å². The largest absolute Gasteiger partial charge is 0.487 e. The van der Waals surface area contributed by atoms with E-state index >= 15 is 0 Å². The normalized spacial score (nSPS) is 28.9. The van der Waals surface area contributed by atoms with Crippen molar-refractivity contribution in [3.05, 3.63) is 84.4 Å². The quantitative estimate of drug-likeness (QED) is 0.253. The van der Waals surface area contributed by atoms with E-state index < -0.39 is 40.1 Å². The summed E-state index contributed by atoms with van der Waals surface area (Å²) in [7, 11) is -3.31. The van der Waals surface area contributed by atoms with Crippen LogP contribution < -0.4 is 4.74 Å². The smallest absolute Gasteiger partial charge is 0.175 e. The van der Waals surface area contributed by atoms with Crippen LogP contribution in [0.25, 0.3) is 16.8 Å². The lowest BCUT2D eigenvalue weighted by Crippen LogP contribution is -2.07. The third-order valence-corrected chi connectivity index (χ3v) is 7.75. The van der Waals surface area contributed by atoms with E-state index in [1.807, 2.05) is 19.1 Å². The molecule has 4 aromatic rings. The van der Waals surface area contributed by atoms with E-state index in [0.29, 0.717) is 28.9 Å². The van der Waals surface area contributed by atoms with Gasteiger partial charge in [-0.3, -0.25) is 9.55 Å². The highest BCUT2D eigenvalue weighted by atomic mass is 32.2. The number of nitrogens with zero attached hydrogens (tertiary/aromatic N) is 3. The molecular formula is C29H31N3O3S2. The summed E-state index contributed by atoms with van der Waals surface area (Å²) < 4.78 is 99.7. The third kappa shape index (κ3) is 5.91. The van der Waals surface area contributed by atoms with E-state index in [2.05, 4.69) is 9.97 Å². The molecule has 2 aromatic heterocycles. The van der Waals surface area contributed by atoms with Crippen molar-refractivity contribution >= 4 is 21.6 Å². The predicted octanol–water partition coefficient (Wildman–Crippen LogP) is 6.51. The van der Waals surface area contributed by atoms with Gasteiger partial charge in [0.15, 0.2) is 15.0 Å². The Hall–Kier alpha value is -3.10. The number of pyridine rings is 1. The zero-order chi connectivity index (χ0) is 33.2. The summed E-state index contributed by atoms with van der Waals surface area (Å²) in [6, 6.07) is 15.4. The number of imidazole rings is 1. The van der Waals surface area contributed by atoms with Crippen LogP contribution in [0.4, 0.5) is 0 Å². The number of aryl methyl sites for hydroxylation is 1. The SMILES string of the molecule is [2H]C1([2H])C([2H])([2H])C([2H])(Sc2ncc(COc3ccc(-c4ccc(S(C)(=O)=O)cc4)c(C)c3)n2-c2cccnc2)C([2H])([2H])C1([2H])C. The third-order valence-electron chi connectivity index (χ3n) is 5.74. The van der Waals surface area contributed by atoms with Crippen molar-refractivity contribution in [2.45, 2.75) is 54.9 Å². The number of aromatic nitrogens is 3. The highest BCUT2D eigenvalue weighted by Gasteiger charge is 2.25. The summed E-state index contributed by atoms with van der Waals surface area (Å²) in [6.07, 6.45) is -3.30. The molecule has 192 valence electrons. The van der Waals surface area contributed by atoms with Crippen LogP contribution >= 0.6 is 11.8 Å². The van der Waals surface area contributed by atoms with Gasteiger partial charge in [-0.25, -0.2) is 13.4 Å². The maximum atomic E-state index is 11.8. The fourth-order valence-electron chi connectivity index (χ4n) is 3.92. The Morgan fingerprint density at radius 1 is 1.16 bits per heavy atom. The molecule has 1 aliphatic carbocycles. The molecule has 0 radical (unpaired) electrons. The van der Waals surface area contributed by atoms with Gasteiger partial charge in [0.05, 0.1) is 28.7 Å². The molecule has 8 heteroatoms. The van der Waals surface area contributed by atoms with E-state index in [9.17, 15) is 8.42 Å². The Morgan fingerprint density at radius 3 is 2.62 bits per heavy atom. The molecule has 1 aliphatic rings. The van der Waals surface area contributed by atoms with Crippen molar-refractivity contribution < 1.29 is 24.1 Å². The number of rotatable bonds is 8. The average Bonchev–Trinajstić information content (AvgIpc) is 3.39. The van der Waals surface area contributed by atoms with Crippen molar-refractivity contribution in [1.29, 1.82) is 0 Å². The molecule has 2 aromatic carbocycles. The Kier molecular flexibility index (Phi) is 5.04.